The summed E-state index contributed by atoms with van der Waals surface area (Å²) in [5.74, 6) is 0. The molecule has 0 aromatic heterocycles. The molecule has 0 saturated heterocycles. The molecule has 0 atom stereocenters. The molecule has 24 heteroatoms. The van der Waals surface area contributed by atoms with Crippen LogP contribution in [-0.2, 0) is 40.1 Å². The Morgan fingerprint density at radius 3 is 0.772 bits per heavy atom. The zero-order valence-electron chi connectivity index (χ0n) is 41.5. The number of benzene rings is 8. The summed E-state index contributed by atoms with van der Waals surface area (Å²) in [6.45, 7) is 6.44. The normalized spacial score (nSPS) is 13.7. The quantitative estimate of drug-likeness (QED) is 0.0527. The third-order valence-electron chi connectivity index (χ3n) is 12.1. The predicted molar refractivity (Wildman–Crippen MR) is 293 cm³/mol. The molecule has 0 aliphatic rings. The molecular weight excluding hydrogens is 1260 g/mol. The Morgan fingerprint density at radius 2 is 0.544 bits per heavy atom. The van der Waals surface area contributed by atoms with Crippen molar-refractivity contribution in [2.24, 2.45) is 0 Å². The molecular formula is C55H44F9IO9S5. The van der Waals surface area contributed by atoms with Crippen molar-refractivity contribution in [2.75, 3.05) is 0 Å². The fourth-order valence-electron chi connectivity index (χ4n) is 8.34. The summed E-state index contributed by atoms with van der Waals surface area (Å²) < 4.78 is 221. The van der Waals surface area contributed by atoms with Crippen LogP contribution in [0.25, 0.3) is 22.3 Å². The Hall–Kier alpha value is -5.71. The van der Waals surface area contributed by atoms with Gasteiger partial charge < -0.3 is 0 Å². The molecule has 0 heterocycles. The van der Waals surface area contributed by atoms with Crippen LogP contribution in [0.3, 0.4) is 0 Å². The van der Waals surface area contributed by atoms with E-state index in [0.29, 0.717) is 44.5 Å². The van der Waals surface area contributed by atoms with Gasteiger partial charge >= 0.3 is 415 Å². The van der Waals surface area contributed by atoms with Gasteiger partial charge in [-0.1, -0.05) is 24.3 Å². The molecule has 0 radical (unpaired) electrons. The first kappa shape index (κ1) is 59.4. The molecule has 8 aromatic rings. The van der Waals surface area contributed by atoms with Crippen molar-refractivity contribution in [1.29, 1.82) is 0 Å². The molecule has 0 fully saturated rings. The number of hydrogen-bond acceptors (Lipinski definition) is 9. The van der Waals surface area contributed by atoms with Crippen molar-refractivity contribution in [3.8, 4) is 22.3 Å². The Labute approximate surface area is 461 Å². The van der Waals surface area contributed by atoms with Crippen LogP contribution in [0.1, 0.15) is 22.3 Å². The maximum absolute atomic E-state index is 14.2. The van der Waals surface area contributed by atoms with E-state index < -0.39 is 87.7 Å². The summed E-state index contributed by atoms with van der Waals surface area (Å²) in [5.41, 5.74) is -14.0. The van der Waals surface area contributed by atoms with E-state index in [2.05, 4.69) is 0 Å². The van der Waals surface area contributed by atoms with Crippen LogP contribution >= 0.6 is 40.9 Å². The maximum atomic E-state index is 14.2. The second-order valence-corrected chi connectivity index (χ2v) is 32.6. The van der Waals surface area contributed by atoms with Crippen LogP contribution in [0.4, 0.5) is 39.5 Å². The molecule has 8 rings (SSSR count). The van der Waals surface area contributed by atoms with Crippen molar-refractivity contribution in [2.45, 2.75) is 73.6 Å². The molecule has 0 aliphatic heterocycles. The molecule has 79 heavy (non-hydrogen) atoms. The van der Waals surface area contributed by atoms with Gasteiger partial charge in [0.2, 0.25) is 0 Å². The van der Waals surface area contributed by atoms with Crippen LogP contribution < -0.4 is 0 Å². The van der Waals surface area contributed by atoms with Gasteiger partial charge in [-0.25, -0.2) is 0 Å². The van der Waals surface area contributed by atoms with Crippen LogP contribution in [0, 0.1) is 34.8 Å². The molecule has 0 spiro atoms. The van der Waals surface area contributed by atoms with Crippen molar-refractivity contribution >= 4 is 71.2 Å². The zero-order chi connectivity index (χ0) is 57.6. The van der Waals surface area contributed by atoms with Crippen molar-refractivity contribution in [3.05, 3.63) is 224 Å². The molecule has 0 amide bonds. The van der Waals surface area contributed by atoms with Gasteiger partial charge in [0.1, 0.15) is 0 Å². The minimum atomic E-state index is -6.24. The topological polar surface area (TPSA) is 130 Å². The third-order valence-corrected chi connectivity index (χ3v) is 29.6. The van der Waals surface area contributed by atoms with Gasteiger partial charge in [-0.05, 0) is 0 Å². The standard InChI is InChI=1S/C55H44F9IO9S5/c1-37-13-5-9-17-49(37)75(50-18-10-6-14-38(50)2,73-78(68,69)54(59,60)61)47-33-25-43(26-34-47)41-21-29-45(30-22-41)65(72-77(66,67)53(56,57)58)46-31-23-42(24-32-46)44-27-35-48(36-28-44)76(51-19-11-7-15-39(51)3,52-20-12-8-16-40(52)4)74-79(70,71)55(62,63)64/h5-36H,1-4H3. The van der Waals surface area contributed by atoms with Gasteiger partial charge in [-0.3, -0.25) is 0 Å². The summed E-state index contributed by atoms with van der Waals surface area (Å²) in [7, 11) is -26.1. The second kappa shape index (κ2) is 22.3. The summed E-state index contributed by atoms with van der Waals surface area (Å²) in [6.07, 6.45) is 0. The van der Waals surface area contributed by atoms with Crippen LogP contribution in [0.5, 0.6) is 0 Å². The SMILES string of the molecule is Cc1ccccc1S(OS(=O)(=O)C(F)(F)F)(c1ccc(-c2ccc(I(OS(=O)(=O)C(F)(F)F)c3ccc(-c4ccc(S(OS(=O)(=O)C(F)(F)F)(c5ccccc5C)c5ccccc5C)cc4)cc3)cc2)cc1)c1ccccc1C. The Morgan fingerprint density at radius 1 is 0.316 bits per heavy atom. The number of hydrogen-bond donors (Lipinski definition) is 0. The number of rotatable bonds is 16. The molecule has 0 bridgehead atoms. The third kappa shape index (κ3) is 11.8. The van der Waals surface area contributed by atoms with Crippen LogP contribution in [-0.4, -0.2) is 41.8 Å². The molecule has 0 aliphatic carbocycles. The number of alkyl halides is 9. The van der Waals surface area contributed by atoms with Crippen LogP contribution in [0.15, 0.2) is 223 Å². The van der Waals surface area contributed by atoms with Crippen molar-refractivity contribution in [1.82, 2.24) is 0 Å². The average molecular weight is 1310 g/mol. The van der Waals surface area contributed by atoms with Crippen molar-refractivity contribution in [3.63, 3.8) is 0 Å². The number of halogens is 10. The Balaban J connectivity index is 1.16. The van der Waals surface area contributed by atoms with Crippen molar-refractivity contribution < 1.29 is 74.5 Å². The molecule has 8 aromatic carbocycles. The summed E-state index contributed by atoms with van der Waals surface area (Å²) in [5, 5.41) is 0. The van der Waals surface area contributed by atoms with E-state index in [1.807, 2.05) is 0 Å². The Bertz CT molecular complexity index is 3560. The monoisotopic (exact) mass is 1310 g/mol. The zero-order valence-corrected chi connectivity index (χ0v) is 47.7. The fraction of sp³-hybridized carbons (Fsp3) is 0.127. The first-order valence-electron chi connectivity index (χ1n) is 23.0. The first-order chi connectivity index (χ1) is 36.9. The van der Waals surface area contributed by atoms with Gasteiger partial charge in [0.25, 0.3) is 0 Å². The summed E-state index contributed by atoms with van der Waals surface area (Å²) in [4.78, 5) is 0.868. The van der Waals surface area contributed by atoms with Gasteiger partial charge in [0.05, 0.1) is 0 Å². The molecule has 0 unspecified atom stereocenters. The van der Waals surface area contributed by atoms with E-state index in [0.717, 1.165) is 0 Å². The van der Waals surface area contributed by atoms with E-state index in [1.165, 1.54) is 121 Å². The Kier molecular flexibility index (Phi) is 16.8. The van der Waals surface area contributed by atoms with E-state index in [4.69, 9.17) is 9.77 Å². The summed E-state index contributed by atoms with van der Waals surface area (Å²) >= 11 is -4.07. The average Bonchev–Trinajstić information content (AvgIpc) is 3.56. The first-order valence-corrected chi connectivity index (χ1v) is 33.4. The molecule has 0 N–H and O–H groups in total. The van der Waals surface area contributed by atoms with E-state index >= 15 is 0 Å². The minimum absolute atomic E-state index is 0.0759. The molecule has 0 saturated carbocycles. The molecule has 418 valence electrons. The van der Waals surface area contributed by atoms with E-state index in [1.54, 1.807) is 100 Å². The molecule has 9 nitrogen and oxygen atoms in total. The van der Waals surface area contributed by atoms with E-state index in [9.17, 15) is 64.8 Å². The second-order valence-electron chi connectivity index (χ2n) is 17.4. The van der Waals surface area contributed by atoms with Gasteiger partial charge in [-0.15, -0.1) is 0 Å². The van der Waals surface area contributed by atoms with E-state index in [-0.39, 0.29) is 36.5 Å². The van der Waals surface area contributed by atoms with Gasteiger partial charge in [-0.2, -0.15) is 26.3 Å². The predicted octanol–water partition coefficient (Wildman–Crippen LogP) is 16.7. The number of aryl methyl sites for hydroxylation is 4. The van der Waals surface area contributed by atoms with Crippen LogP contribution in [0.2, 0.25) is 0 Å². The fourth-order valence-corrected chi connectivity index (χ4v) is 25.0. The van der Waals surface area contributed by atoms with Gasteiger partial charge in [0.15, 0.2) is 0 Å². The summed E-state index contributed by atoms with van der Waals surface area (Å²) in [6, 6.07) is 48.2. The van der Waals surface area contributed by atoms with Gasteiger partial charge in [0, 0.05) is 0 Å².